The van der Waals surface area contributed by atoms with E-state index in [0.717, 1.165) is 22.0 Å². The van der Waals surface area contributed by atoms with Crippen LogP contribution in [0.3, 0.4) is 0 Å². The molecule has 2 aromatic carbocycles. The van der Waals surface area contributed by atoms with Crippen LogP contribution in [0.4, 0.5) is 0 Å². The Labute approximate surface area is 136 Å². The Morgan fingerprint density at radius 2 is 1.71 bits per heavy atom. The minimum Gasteiger partial charge on any atom is -0.320 e. The van der Waals surface area contributed by atoms with Gasteiger partial charge in [-0.25, -0.2) is 0 Å². The second kappa shape index (κ2) is 6.33. The molecular weight excluding hydrogens is 322 g/mol. The van der Waals surface area contributed by atoms with Crippen molar-refractivity contribution in [2.24, 2.45) is 5.73 Å². The van der Waals surface area contributed by atoms with E-state index >= 15 is 0 Å². The monoisotopic (exact) mass is 345 g/mol. The Kier molecular flexibility index (Phi) is 4.90. The van der Waals surface area contributed by atoms with Crippen LogP contribution in [-0.4, -0.2) is 0 Å². The van der Waals surface area contributed by atoms with Crippen LogP contribution in [0, 0.1) is 6.92 Å². The molecule has 21 heavy (non-hydrogen) atoms. The average Bonchev–Trinajstić information content (AvgIpc) is 2.49. The first-order chi connectivity index (χ1) is 9.86. The quantitative estimate of drug-likeness (QED) is 0.778. The van der Waals surface area contributed by atoms with E-state index in [1.165, 1.54) is 11.1 Å². The van der Waals surface area contributed by atoms with Crippen LogP contribution >= 0.6 is 15.9 Å². The lowest BCUT2D eigenvalue weighted by Crippen LogP contribution is -2.17. The molecule has 0 saturated heterocycles. The molecule has 0 aliphatic rings. The van der Waals surface area contributed by atoms with E-state index in [0.29, 0.717) is 0 Å². The van der Waals surface area contributed by atoms with Crippen molar-refractivity contribution < 1.29 is 0 Å². The van der Waals surface area contributed by atoms with Gasteiger partial charge in [0, 0.05) is 4.47 Å². The van der Waals surface area contributed by atoms with E-state index in [2.05, 4.69) is 86.1 Å². The van der Waals surface area contributed by atoms with E-state index in [1.54, 1.807) is 0 Å². The molecule has 112 valence electrons. The molecule has 0 spiro atoms. The van der Waals surface area contributed by atoms with Gasteiger partial charge in [0.2, 0.25) is 0 Å². The van der Waals surface area contributed by atoms with Gasteiger partial charge in [-0.3, -0.25) is 0 Å². The molecule has 0 aromatic heterocycles. The Morgan fingerprint density at radius 3 is 2.29 bits per heavy atom. The van der Waals surface area contributed by atoms with Crippen molar-refractivity contribution in [1.29, 1.82) is 0 Å². The largest absolute Gasteiger partial charge is 0.320 e. The van der Waals surface area contributed by atoms with E-state index in [4.69, 9.17) is 5.73 Å². The number of rotatable bonds is 4. The lowest BCUT2D eigenvalue weighted by atomic mass is 9.81. The molecule has 1 atom stereocenters. The van der Waals surface area contributed by atoms with Crippen LogP contribution in [0.25, 0.3) is 0 Å². The zero-order chi connectivity index (χ0) is 15.6. The Hall–Kier alpha value is -1.12. The summed E-state index contributed by atoms with van der Waals surface area (Å²) in [5, 5.41) is 0. The van der Waals surface area contributed by atoms with Crippen molar-refractivity contribution >= 4 is 15.9 Å². The number of hydrogen-bond donors (Lipinski definition) is 1. The smallest absolute Gasteiger partial charge is 0.0562 e. The average molecular weight is 346 g/mol. The van der Waals surface area contributed by atoms with Crippen LogP contribution in [0.2, 0.25) is 0 Å². The zero-order valence-electron chi connectivity index (χ0n) is 13.3. The molecular formula is C19H24BrN. The molecule has 0 aliphatic carbocycles. The summed E-state index contributed by atoms with van der Waals surface area (Å²) in [5.41, 5.74) is 11.5. The summed E-state index contributed by atoms with van der Waals surface area (Å²) < 4.78 is 1.11. The predicted octanol–water partition coefficient (Wildman–Crippen LogP) is 5.49. The summed E-state index contributed by atoms with van der Waals surface area (Å²) in [6.07, 6.45) is 1.13. The fraction of sp³-hybridized carbons (Fsp3) is 0.368. The zero-order valence-corrected chi connectivity index (χ0v) is 14.9. The third-order valence-corrected chi connectivity index (χ3v) is 5.58. The van der Waals surface area contributed by atoms with Gasteiger partial charge in [0.1, 0.15) is 0 Å². The Morgan fingerprint density at radius 1 is 1.10 bits per heavy atom. The highest BCUT2D eigenvalue weighted by Gasteiger charge is 2.19. The van der Waals surface area contributed by atoms with E-state index in [-0.39, 0.29) is 11.5 Å². The molecule has 0 heterocycles. The molecule has 2 heteroatoms. The van der Waals surface area contributed by atoms with Crippen molar-refractivity contribution in [3.05, 3.63) is 69.2 Å². The number of nitrogens with two attached hydrogens (primary N) is 1. The first kappa shape index (κ1) is 16.3. The fourth-order valence-electron chi connectivity index (χ4n) is 2.44. The maximum absolute atomic E-state index is 6.45. The van der Waals surface area contributed by atoms with Gasteiger partial charge in [0.25, 0.3) is 0 Å². The summed E-state index contributed by atoms with van der Waals surface area (Å²) in [6.45, 7) is 8.87. The summed E-state index contributed by atoms with van der Waals surface area (Å²) in [7, 11) is 0. The molecule has 0 amide bonds. The van der Waals surface area contributed by atoms with Crippen molar-refractivity contribution in [2.45, 2.75) is 45.6 Å². The Bertz CT molecular complexity index is 614. The molecule has 0 aliphatic heterocycles. The van der Waals surface area contributed by atoms with Crippen LogP contribution < -0.4 is 5.73 Å². The van der Waals surface area contributed by atoms with Gasteiger partial charge in [0.15, 0.2) is 0 Å². The molecule has 0 bridgehead atoms. The van der Waals surface area contributed by atoms with Crippen LogP contribution in [0.1, 0.15) is 55.5 Å². The first-order valence-corrected chi connectivity index (χ1v) is 8.27. The van der Waals surface area contributed by atoms with Gasteiger partial charge >= 0.3 is 0 Å². The number of benzene rings is 2. The molecule has 0 saturated carbocycles. The van der Waals surface area contributed by atoms with Crippen molar-refractivity contribution in [1.82, 2.24) is 0 Å². The van der Waals surface area contributed by atoms with Gasteiger partial charge in [-0.15, -0.1) is 0 Å². The molecule has 2 N–H and O–H groups in total. The van der Waals surface area contributed by atoms with E-state index in [1.807, 2.05) is 0 Å². The van der Waals surface area contributed by atoms with Crippen molar-refractivity contribution in [2.75, 3.05) is 0 Å². The summed E-state index contributed by atoms with van der Waals surface area (Å²) in [4.78, 5) is 0. The molecule has 2 aromatic rings. The van der Waals surface area contributed by atoms with Gasteiger partial charge in [0.05, 0.1) is 6.04 Å². The van der Waals surface area contributed by atoms with Gasteiger partial charge in [-0.2, -0.15) is 0 Å². The number of halogens is 1. The standard InChI is InChI=1S/C19H24BrN/c1-5-19(3,4)15-11-9-14(10-12-15)18(21)16-8-6-7-13(2)17(16)20/h6-12,18H,5,21H2,1-4H3. The second-order valence-electron chi connectivity index (χ2n) is 6.32. The third kappa shape index (κ3) is 3.38. The highest BCUT2D eigenvalue weighted by atomic mass is 79.9. The SMILES string of the molecule is CCC(C)(C)c1ccc(C(N)c2cccc(C)c2Br)cc1. The molecule has 1 nitrogen and oxygen atoms in total. The van der Waals surface area contributed by atoms with Crippen LogP contribution in [0.5, 0.6) is 0 Å². The van der Waals surface area contributed by atoms with Gasteiger partial charge in [-0.05, 0) is 41.0 Å². The van der Waals surface area contributed by atoms with Crippen LogP contribution in [-0.2, 0) is 5.41 Å². The minimum absolute atomic E-state index is 0.0990. The topological polar surface area (TPSA) is 26.0 Å². The number of aryl methyl sites for hydroxylation is 1. The van der Waals surface area contributed by atoms with Gasteiger partial charge < -0.3 is 5.73 Å². The molecule has 1 unspecified atom stereocenters. The lowest BCUT2D eigenvalue weighted by molar-refractivity contribution is 0.506. The summed E-state index contributed by atoms with van der Waals surface area (Å²) in [6, 6.07) is 14.9. The van der Waals surface area contributed by atoms with Crippen molar-refractivity contribution in [3.8, 4) is 0 Å². The molecule has 2 rings (SSSR count). The maximum Gasteiger partial charge on any atom is 0.0562 e. The normalized spacial score (nSPS) is 13.2. The van der Waals surface area contributed by atoms with Crippen LogP contribution in [0.15, 0.2) is 46.9 Å². The Balaban J connectivity index is 2.32. The van der Waals surface area contributed by atoms with Crippen molar-refractivity contribution in [3.63, 3.8) is 0 Å². The molecule has 0 radical (unpaired) electrons. The summed E-state index contributed by atoms with van der Waals surface area (Å²) >= 11 is 3.66. The second-order valence-corrected chi connectivity index (χ2v) is 7.11. The predicted molar refractivity (Wildman–Crippen MR) is 94.7 cm³/mol. The van der Waals surface area contributed by atoms with E-state index in [9.17, 15) is 0 Å². The van der Waals surface area contributed by atoms with Gasteiger partial charge in [-0.1, -0.05) is 79.2 Å². The molecule has 0 fully saturated rings. The summed E-state index contributed by atoms with van der Waals surface area (Å²) in [5.74, 6) is 0. The highest BCUT2D eigenvalue weighted by Crippen LogP contribution is 2.31. The third-order valence-electron chi connectivity index (χ3n) is 4.49. The number of hydrogen-bond acceptors (Lipinski definition) is 1. The highest BCUT2D eigenvalue weighted by molar-refractivity contribution is 9.10. The maximum atomic E-state index is 6.45. The fourth-order valence-corrected chi connectivity index (χ4v) is 2.95. The minimum atomic E-state index is -0.0990. The lowest BCUT2D eigenvalue weighted by Gasteiger charge is -2.24. The first-order valence-electron chi connectivity index (χ1n) is 7.48. The van der Waals surface area contributed by atoms with E-state index < -0.39 is 0 Å².